The Morgan fingerprint density at radius 1 is 1.30 bits per heavy atom. The van der Waals surface area contributed by atoms with E-state index in [2.05, 4.69) is 10.0 Å². The van der Waals surface area contributed by atoms with Gasteiger partial charge in [0.15, 0.2) is 0 Å². The fourth-order valence-electron chi connectivity index (χ4n) is 1.39. The average molecular weight is 340 g/mol. The maximum Gasteiger partial charge on any atom is 0.251 e. The maximum absolute atomic E-state index is 11.8. The molecule has 1 aromatic rings. The first kappa shape index (κ1) is 17.0. The first-order valence-corrected chi connectivity index (χ1v) is 8.33. The number of benzene rings is 1. The summed E-state index contributed by atoms with van der Waals surface area (Å²) in [6.07, 6.45) is 1.54. The Morgan fingerprint density at radius 2 is 1.95 bits per heavy atom. The predicted octanol–water partition coefficient (Wildman–Crippen LogP) is 1.24. The Labute approximate surface area is 127 Å². The van der Waals surface area contributed by atoms with E-state index >= 15 is 0 Å². The molecule has 0 bridgehead atoms. The lowest BCUT2D eigenvalue weighted by Gasteiger charge is -2.08. The quantitative estimate of drug-likeness (QED) is 0.536. The molecule has 20 heavy (non-hydrogen) atoms. The van der Waals surface area contributed by atoms with E-state index in [0.29, 0.717) is 18.5 Å². The summed E-state index contributed by atoms with van der Waals surface area (Å²) in [5.41, 5.74) is 6.13. The Hall–Kier alpha value is -1.02. The van der Waals surface area contributed by atoms with Gasteiger partial charge in [-0.2, -0.15) is 0 Å². The molecule has 0 saturated heterocycles. The molecule has 0 spiro atoms. The van der Waals surface area contributed by atoms with Crippen molar-refractivity contribution in [2.45, 2.75) is 6.42 Å². The number of nitrogen functional groups attached to an aromatic ring is 1. The molecule has 0 aromatic heterocycles. The largest absolute Gasteiger partial charge is 0.397 e. The molecular weight excluding hydrogens is 325 g/mol. The van der Waals surface area contributed by atoms with E-state index < -0.39 is 10.0 Å². The van der Waals surface area contributed by atoms with Crippen LogP contribution in [0.15, 0.2) is 12.1 Å². The van der Waals surface area contributed by atoms with Crippen LogP contribution in [0.4, 0.5) is 5.69 Å². The number of carbonyl (C=O) groups excluding carboxylic acids is 1. The van der Waals surface area contributed by atoms with Gasteiger partial charge in [-0.3, -0.25) is 4.79 Å². The molecule has 0 aliphatic rings. The highest BCUT2D eigenvalue weighted by Crippen LogP contribution is 2.29. The van der Waals surface area contributed by atoms with Crippen LogP contribution >= 0.6 is 23.2 Å². The Morgan fingerprint density at radius 3 is 2.50 bits per heavy atom. The molecule has 6 nitrogen and oxygen atoms in total. The zero-order valence-corrected chi connectivity index (χ0v) is 13.1. The summed E-state index contributed by atoms with van der Waals surface area (Å²) in [7, 11) is -3.20. The number of nitrogens with one attached hydrogen (secondary N) is 2. The van der Waals surface area contributed by atoms with Crippen molar-refractivity contribution in [2.24, 2.45) is 0 Å². The SMILES string of the molecule is CS(=O)(=O)NCCCNC(=O)c1cc(N)c(Cl)c(Cl)c1. The van der Waals surface area contributed by atoms with Crippen molar-refractivity contribution >= 4 is 44.8 Å². The molecule has 0 heterocycles. The Balaban J connectivity index is 2.48. The van der Waals surface area contributed by atoms with Gasteiger partial charge in [-0.05, 0) is 18.6 Å². The lowest BCUT2D eigenvalue weighted by Crippen LogP contribution is -2.29. The molecule has 0 radical (unpaired) electrons. The van der Waals surface area contributed by atoms with E-state index in [1.165, 1.54) is 12.1 Å². The molecule has 9 heteroatoms. The zero-order chi connectivity index (χ0) is 15.3. The number of nitrogens with two attached hydrogens (primary N) is 1. The van der Waals surface area contributed by atoms with Gasteiger partial charge in [0, 0.05) is 18.7 Å². The number of amides is 1. The standard InChI is InChI=1S/C11H15Cl2N3O3S/c1-20(18,19)16-4-2-3-15-11(17)7-5-8(12)10(13)9(14)6-7/h5-6,16H,2-4,14H2,1H3,(H,15,17). The van der Waals surface area contributed by atoms with Crippen molar-refractivity contribution in [2.75, 3.05) is 25.1 Å². The number of sulfonamides is 1. The van der Waals surface area contributed by atoms with Crippen molar-refractivity contribution in [3.63, 3.8) is 0 Å². The van der Waals surface area contributed by atoms with Gasteiger partial charge in [0.1, 0.15) is 0 Å². The number of carbonyl (C=O) groups is 1. The van der Waals surface area contributed by atoms with Gasteiger partial charge in [0.25, 0.3) is 5.91 Å². The van der Waals surface area contributed by atoms with E-state index in [9.17, 15) is 13.2 Å². The van der Waals surface area contributed by atoms with Crippen LogP contribution in [-0.2, 0) is 10.0 Å². The minimum Gasteiger partial charge on any atom is -0.397 e. The van der Waals surface area contributed by atoms with Crippen molar-refractivity contribution in [1.82, 2.24) is 10.0 Å². The normalized spacial score (nSPS) is 11.3. The summed E-state index contributed by atoms with van der Waals surface area (Å²) in [4.78, 5) is 11.8. The van der Waals surface area contributed by atoms with E-state index in [1.807, 2.05) is 0 Å². The second-order valence-corrected chi connectivity index (χ2v) is 6.76. The van der Waals surface area contributed by atoms with Gasteiger partial charge in [-0.25, -0.2) is 13.1 Å². The van der Waals surface area contributed by atoms with Gasteiger partial charge in [0.2, 0.25) is 10.0 Å². The molecule has 112 valence electrons. The number of rotatable bonds is 6. The Bertz CT molecular complexity index is 582. The van der Waals surface area contributed by atoms with Crippen LogP contribution in [0.1, 0.15) is 16.8 Å². The number of halogens is 2. The Kier molecular flexibility index (Phi) is 6.07. The van der Waals surface area contributed by atoms with Crippen molar-refractivity contribution in [3.8, 4) is 0 Å². The van der Waals surface area contributed by atoms with Crippen LogP contribution in [0.3, 0.4) is 0 Å². The number of hydrogen-bond donors (Lipinski definition) is 3. The van der Waals surface area contributed by atoms with Crippen molar-refractivity contribution in [1.29, 1.82) is 0 Å². The summed E-state index contributed by atoms with van der Waals surface area (Å²) >= 11 is 11.6. The topological polar surface area (TPSA) is 101 Å². The fourth-order valence-corrected chi connectivity index (χ4v) is 2.24. The number of hydrogen-bond acceptors (Lipinski definition) is 4. The lowest BCUT2D eigenvalue weighted by atomic mass is 10.2. The monoisotopic (exact) mass is 339 g/mol. The van der Waals surface area contributed by atoms with Gasteiger partial charge in [0.05, 0.1) is 22.0 Å². The van der Waals surface area contributed by atoms with Gasteiger partial charge in [-0.1, -0.05) is 23.2 Å². The highest BCUT2D eigenvalue weighted by molar-refractivity contribution is 7.88. The molecule has 0 saturated carbocycles. The van der Waals surface area contributed by atoms with E-state index in [0.717, 1.165) is 6.26 Å². The van der Waals surface area contributed by atoms with Crippen LogP contribution in [0, 0.1) is 0 Å². The smallest absolute Gasteiger partial charge is 0.251 e. The van der Waals surface area contributed by atoms with Gasteiger partial charge < -0.3 is 11.1 Å². The summed E-state index contributed by atoms with van der Waals surface area (Å²) in [6, 6.07) is 2.85. The molecule has 0 fully saturated rings. The molecule has 1 amide bonds. The molecule has 1 rings (SSSR count). The third-order valence-electron chi connectivity index (χ3n) is 2.32. The second-order valence-electron chi connectivity index (χ2n) is 4.14. The van der Waals surface area contributed by atoms with E-state index in [4.69, 9.17) is 28.9 Å². The minimum atomic E-state index is -3.20. The van der Waals surface area contributed by atoms with Gasteiger partial charge >= 0.3 is 0 Å². The molecule has 0 atom stereocenters. The third-order valence-corrected chi connectivity index (χ3v) is 3.87. The highest BCUT2D eigenvalue weighted by Gasteiger charge is 2.10. The molecule has 0 aliphatic heterocycles. The fraction of sp³-hybridized carbons (Fsp3) is 0.364. The average Bonchev–Trinajstić information content (AvgIpc) is 2.33. The molecule has 0 unspecified atom stereocenters. The summed E-state index contributed by atoms with van der Waals surface area (Å²) in [5, 5.41) is 3.04. The first-order chi connectivity index (χ1) is 9.20. The van der Waals surface area contributed by atoms with Crippen LogP contribution in [0.5, 0.6) is 0 Å². The molecular formula is C11H15Cl2N3O3S. The third kappa shape index (κ3) is 5.54. The van der Waals surface area contributed by atoms with Crippen LogP contribution < -0.4 is 15.8 Å². The van der Waals surface area contributed by atoms with Crippen LogP contribution in [0.2, 0.25) is 10.0 Å². The van der Waals surface area contributed by atoms with Crippen LogP contribution in [0.25, 0.3) is 0 Å². The van der Waals surface area contributed by atoms with Gasteiger partial charge in [-0.15, -0.1) is 0 Å². The minimum absolute atomic E-state index is 0.204. The van der Waals surface area contributed by atoms with E-state index in [-0.39, 0.29) is 28.2 Å². The van der Waals surface area contributed by atoms with Crippen molar-refractivity contribution in [3.05, 3.63) is 27.7 Å². The number of anilines is 1. The van der Waals surface area contributed by atoms with Crippen molar-refractivity contribution < 1.29 is 13.2 Å². The molecule has 4 N–H and O–H groups in total. The second kappa shape index (κ2) is 7.12. The molecule has 0 aliphatic carbocycles. The predicted molar refractivity (Wildman–Crippen MR) is 80.7 cm³/mol. The summed E-state index contributed by atoms with van der Waals surface area (Å²) in [6.45, 7) is 0.574. The summed E-state index contributed by atoms with van der Waals surface area (Å²) < 4.78 is 24.0. The van der Waals surface area contributed by atoms with E-state index in [1.54, 1.807) is 0 Å². The highest BCUT2D eigenvalue weighted by atomic mass is 35.5. The lowest BCUT2D eigenvalue weighted by molar-refractivity contribution is 0.0953. The van der Waals surface area contributed by atoms with Crippen LogP contribution in [-0.4, -0.2) is 33.7 Å². The first-order valence-electron chi connectivity index (χ1n) is 5.68. The summed E-state index contributed by atoms with van der Waals surface area (Å²) in [5.74, 6) is -0.352. The molecule has 1 aromatic carbocycles. The zero-order valence-electron chi connectivity index (χ0n) is 10.7. The maximum atomic E-state index is 11.8.